The summed E-state index contributed by atoms with van der Waals surface area (Å²) in [4.78, 5) is 22.1. The van der Waals surface area contributed by atoms with Gasteiger partial charge in [-0.3, -0.25) is 9.69 Å². The van der Waals surface area contributed by atoms with Crippen LogP contribution in [-0.4, -0.2) is 68.4 Å². The molecule has 1 aliphatic carbocycles. The van der Waals surface area contributed by atoms with Crippen LogP contribution in [0.3, 0.4) is 0 Å². The van der Waals surface area contributed by atoms with Gasteiger partial charge in [-0.2, -0.15) is 0 Å². The number of aryl methyl sites for hydroxylation is 1. The Kier molecular flexibility index (Phi) is 6.00. The van der Waals surface area contributed by atoms with E-state index in [1.54, 1.807) is 30.5 Å². The van der Waals surface area contributed by atoms with Crippen LogP contribution in [0, 0.1) is 6.92 Å². The third-order valence-corrected chi connectivity index (χ3v) is 8.00. The maximum atomic E-state index is 12.7. The van der Waals surface area contributed by atoms with Crippen molar-refractivity contribution in [1.82, 2.24) is 19.5 Å². The van der Waals surface area contributed by atoms with Crippen molar-refractivity contribution in [2.45, 2.75) is 30.6 Å². The Bertz CT molecular complexity index is 960. The molecule has 1 aliphatic heterocycles. The van der Waals surface area contributed by atoms with Crippen LogP contribution in [0.15, 0.2) is 35.4 Å². The number of thiazole rings is 1. The number of carbonyl (C=O) groups is 1. The van der Waals surface area contributed by atoms with Crippen molar-refractivity contribution >= 4 is 27.3 Å². The molecular formula is C20H26N4O3S2. The number of carbonyl (C=O) groups excluding carboxylic acids is 1. The predicted octanol–water partition coefficient (Wildman–Crippen LogP) is 2.07. The van der Waals surface area contributed by atoms with Crippen LogP contribution in [0.4, 0.5) is 0 Å². The third kappa shape index (κ3) is 5.03. The van der Waals surface area contributed by atoms with E-state index in [-0.39, 0.29) is 10.8 Å². The Balaban J connectivity index is 1.22. The number of hydrogen-bond donors (Lipinski definition) is 1. The summed E-state index contributed by atoms with van der Waals surface area (Å²) >= 11 is 1.53. The first-order valence-corrected chi connectivity index (χ1v) is 12.3. The van der Waals surface area contributed by atoms with Gasteiger partial charge in [-0.15, -0.1) is 11.3 Å². The molecule has 0 unspecified atom stereocenters. The summed E-state index contributed by atoms with van der Waals surface area (Å²) in [6, 6.07) is 6.83. The molecule has 0 radical (unpaired) electrons. The molecule has 0 atom stereocenters. The molecule has 1 saturated carbocycles. The number of nitrogens with one attached hydrogen (secondary N) is 1. The van der Waals surface area contributed by atoms with Crippen molar-refractivity contribution in [3.05, 3.63) is 45.9 Å². The predicted molar refractivity (Wildman–Crippen MR) is 113 cm³/mol. The SMILES string of the molecule is Cc1ccc(S(=O)(=O)NCCN2CCN(C(=O)c3cnc(C4CC4)s3)CC2)cc1. The summed E-state index contributed by atoms with van der Waals surface area (Å²) in [5, 5.41) is 1.09. The fourth-order valence-corrected chi connectivity index (χ4v) is 5.45. The second-order valence-electron chi connectivity index (χ2n) is 7.68. The van der Waals surface area contributed by atoms with Crippen LogP contribution >= 0.6 is 11.3 Å². The molecule has 2 heterocycles. The average Bonchev–Trinajstić information content (AvgIpc) is 3.45. The summed E-state index contributed by atoms with van der Waals surface area (Å²) < 4.78 is 27.4. The monoisotopic (exact) mass is 434 g/mol. The normalized spacial score (nSPS) is 18.2. The minimum absolute atomic E-state index is 0.0640. The quantitative estimate of drug-likeness (QED) is 0.721. The highest BCUT2D eigenvalue weighted by Gasteiger charge is 2.29. The van der Waals surface area contributed by atoms with E-state index in [1.165, 1.54) is 24.2 Å². The molecule has 29 heavy (non-hydrogen) atoms. The lowest BCUT2D eigenvalue weighted by Gasteiger charge is -2.34. The Labute approximate surface area is 175 Å². The van der Waals surface area contributed by atoms with Crippen LogP contribution < -0.4 is 4.72 Å². The molecule has 2 aliphatic rings. The van der Waals surface area contributed by atoms with Crippen molar-refractivity contribution in [1.29, 1.82) is 0 Å². The largest absolute Gasteiger partial charge is 0.335 e. The fourth-order valence-electron chi connectivity index (χ4n) is 3.37. The molecule has 0 bridgehead atoms. The lowest BCUT2D eigenvalue weighted by Crippen LogP contribution is -2.50. The number of nitrogens with zero attached hydrogens (tertiary/aromatic N) is 3. The highest BCUT2D eigenvalue weighted by Crippen LogP contribution is 2.41. The van der Waals surface area contributed by atoms with Crippen molar-refractivity contribution in [2.24, 2.45) is 0 Å². The summed E-state index contributed by atoms with van der Waals surface area (Å²) in [6.45, 7) is 5.69. The molecule has 1 amide bonds. The van der Waals surface area contributed by atoms with Gasteiger partial charge in [0.2, 0.25) is 10.0 Å². The van der Waals surface area contributed by atoms with E-state index in [2.05, 4.69) is 14.6 Å². The molecule has 9 heteroatoms. The average molecular weight is 435 g/mol. The molecule has 1 aromatic heterocycles. The van der Waals surface area contributed by atoms with E-state index in [1.807, 2.05) is 11.8 Å². The maximum absolute atomic E-state index is 12.7. The maximum Gasteiger partial charge on any atom is 0.265 e. The molecule has 7 nitrogen and oxygen atoms in total. The molecule has 1 saturated heterocycles. The lowest BCUT2D eigenvalue weighted by molar-refractivity contribution is 0.0644. The first-order chi connectivity index (χ1) is 13.9. The van der Waals surface area contributed by atoms with Crippen molar-refractivity contribution in [3.8, 4) is 0 Å². The molecule has 2 aromatic rings. The number of piperazine rings is 1. The first-order valence-electron chi connectivity index (χ1n) is 9.96. The zero-order chi connectivity index (χ0) is 20.4. The van der Waals surface area contributed by atoms with E-state index in [0.717, 1.165) is 28.5 Å². The molecule has 156 valence electrons. The molecule has 4 rings (SSSR count). The van der Waals surface area contributed by atoms with Gasteiger partial charge in [-0.1, -0.05) is 17.7 Å². The Morgan fingerprint density at radius 3 is 2.52 bits per heavy atom. The number of benzene rings is 1. The number of aromatic nitrogens is 1. The second-order valence-corrected chi connectivity index (χ2v) is 10.5. The molecule has 1 aromatic carbocycles. The minimum Gasteiger partial charge on any atom is -0.335 e. The van der Waals surface area contributed by atoms with E-state index >= 15 is 0 Å². The fraction of sp³-hybridized carbons (Fsp3) is 0.500. The van der Waals surface area contributed by atoms with Gasteiger partial charge < -0.3 is 4.90 Å². The third-order valence-electron chi connectivity index (χ3n) is 5.37. The Hall–Kier alpha value is -1.81. The number of amides is 1. The van der Waals surface area contributed by atoms with Gasteiger partial charge >= 0.3 is 0 Å². The zero-order valence-corrected chi connectivity index (χ0v) is 18.1. The standard InChI is InChI=1S/C20H26N4O3S2/c1-15-2-6-17(7-3-15)29(26,27)22-8-9-23-10-12-24(13-11-23)20(25)18-14-21-19(28-18)16-4-5-16/h2-3,6-7,14,16,22H,4-5,8-13H2,1H3. The number of sulfonamides is 1. The molecule has 1 N–H and O–H groups in total. The first kappa shape index (κ1) is 20.5. The smallest absolute Gasteiger partial charge is 0.265 e. The summed E-state index contributed by atoms with van der Waals surface area (Å²) in [5.74, 6) is 0.635. The van der Waals surface area contributed by atoms with Crippen LogP contribution in [0.1, 0.15) is 39.0 Å². The Morgan fingerprint density at radius 1 is 1.17 bits per heavy atom. The van der Waals surface area contributed by atoms with Crippen LogP contribution in [-0.2, 0) is 10.0 Å². The van der Waals surface area contributed by atoms with Gasteiger partial charge in [0.1, 0.15) is 4.88 Å². The van der Waals surface area contributed by atoms with Gasteiger partial charge in [-0.25, -0.2) is 18.1 Å². The van der Waals surface area contributed by atoms with Crippen LogP contribution in [0.25, 0.3) is 0 Å². The molecule has 2 fully saturated rings. The summed E-state index contributed by atoms with van der Waals surface area (Å²) in [6.07, 6.45) is 4.09. The van der Waals surface area contributed by atoms with Gasteiger partial charge in [0.15, 0.2) is 0 Å². The van der Waals surface area contributed by atoms with Crippen molar-refractivity contribution in [2.75, 3.05) is 39.3 Å². The van der Waals surface area contributed by atoms with E-state index in [9.17, 15) is 13.2 Å². The van der Waals surface area contributed by atoms with Gasteiger partial charge in [0, 0.05) is 45.2 Å². The van der Waals surface area contributed by atoms with E-state index in [0.29, 0.717) is 32.1 Å². The van der Waals surface area contributed by atoms with Gasteiger partial charge in [-0.05, 0) is 31.9 Å². The summed E-state index contributed by atoms with van der Waals surface area (Å²) in [7, 11) is -3.48. The van der Waals surface area contributed by atoms with Crippen molar-refractivity contribution < 1.29 is 13.2 Å². The zero-order valence-electron chi connectivity index (χ0n) is 16.5. The minimum atomic E-state index is -3.48. The Morgan fingerprint density at radius 2 is 1.86 bits per heavy atom. The highest BCUT2D eigenvalue weighted by atomic mass is 32.2. The van der Waals surface area contributed by atoms with Gasteiger partial charge in [0.05, 0.1) is 16.1 Å². The van der Waals surface area contributed by atoms with Crippen LogP contribution in [0.2, 0.25) is 0 Å². The molecular weight excluding hydrogens is 408 g/mol. The molecule has 0 spiro atoms. The highest BCUT2D eigenvalue weighted by molar-refractivity contribution is 7.89. The number of rotatable bonds is 7. The van der Waals surface area contributed by atoms with Crippen molar-refractivity contribution in [3.63, 3.8) is 0 Å². The van der Waals surface area contributed by atoms with Crippen LogP contribution in [0.5, 0.6) is 0 Å². The second kappa shape index (κ2) is 8.51. The number of hydrogen-bond acceptors (Lipinski definition) is 6. The van der Waals surface area contributed by atoms with E-state index < -0.39 is 10.0 Å². The van der Waals surface area contributed by atoms with Gasteiger partial charge in [0.25, 0.3) is 5.91 Å². The topological polar surface area (TPSA) is 82.6 Å². The van der Waals surface area contributed by atoms with E-state index in [4.69, 9.17) is 0 Å². The lowest BCUT2D eigenvalue weighted by atomic mass is 10.2. The summed E-state index contributed by atoms with van der Waals surface area (Å²) in [5.41, 5.74) is 1.03.